The molecule has 0 spiro atoms. The zero-order valence-corrected chi connectivity index (χ0v) is 69.6. The molecule has 0 saturated carbocycles. The van der Waals surface area contributed by atoms with Gasteiger partial charge in [-0.3, -0.25) is 29.2 Å². The van der Waals surface area contributed by atoms with Crippen LogP contribution in [-0.2, 0) is 9.59 Å². The molecule has 1 rings (SSSR count). The Hall–Kier alpha value is -0.280. The summed E-state index contributed by atoms with van der Waals surface area (Å²) in [6.45, 7) is 20.6. The van der Waals surface area contributed by atoms with Gasteiger partial charge in [-0.05, 0) is 39.5 Å². The summed E-state index contributed by atoms with van der Waals surface area (Å²) in [5.41, 5.74) is 0. The molecule has 1 heterocycles. The van der Waals surface area contributed by atoms with Crippen LogP contribution >= 0.6 is 23.5 Å². The van der Waals surface area contributed by atoms with E-state index in [-0.39, 0.29) is 10.2 Å². The third-order valence-corrected chi connectivity index (χ3v) is 24.1. The van der Waals surface area contributed by atoms with E-state index in [1.54, 1.807) is 0 Å². The monoisotopic (exact) mass is 1450 g/mol. The second-order valence-corrected chi connectivity index (χ2v) is 34.6. The van der Waals surface area contributed by atoms with E-state index in [0.717, 1.165) is 115 Å². The lowest BCUT2D eigenvalue weighted by Gasteiger charge is -2.44. The molecule has 10 nitrogen and oxygen atoms in total. The number of piperazine rings is 1. The number of hydrogen-bond acceptors (Lipinski definition) is 12. The number of nitrogens with zero attached hydrogens (tertiary/aromatic N) is 4. The summed E-state index contributed by atoms with van der Waals surface area (Å²) >= 11 is 2.90. The summed E-state index contributed by atoms with van der Waals surface area (Å²) in [5, 5.41) is 45.6. The molecule has 1 aliphatic heterocycles. The van der Waals surface area contributed by atoms with Crippen LogP contribution in [0.4, 0.5) is 0 Å². The Bertz CT molecular complexity index is 1490. The van der Waals surface area contributed by atoms with Crippen molar-refractivity contribution in [3.63, 3.8) is 0 Å². The minimum absolute atomic E-state index is 0.199. The molecule has 1 saturated heterocycles. The van der Waals surface area contributed by atoms with Crippen LogP contribution in [0.3, 0.4) is 0 Å². The first-order valence-electron chi connectivity index (χ1n) is 44.9. The van der Waals surface area contributed by atoms with Crippen molar-refractivity contribution >= 4 is 33.8 Å². The summed E-state index contributed by atoms with van der Waals surface area (Å²) in [5.74, 6) is 1.52. The van der Waals surface area contributed by atoms with Crippen LogP contribution < -0.4 is 0 Å². The number of unbranched alkanes of at least 4 members (excludes halogenated alkanes) is 52. The van der Waals surface area contributed by atoms with E-state index in [0.29, 0.717) is 64.2 Å². The van der Waals surface area contributed by atoms with Crippen molar-refractivity contribution in [3.8, 4) is 0 Å². The topological polar surface area (TPSA) is 128 Å². The van der Waals surface area contributed by atoms with Crippen molar-refractivity contribution in [3.05, 3.63) is 0 Å². The number of aliphatic hydroxyl groups is 4. The highest BCUT2D eigenvalue weighted by atomic mass is 32.2. The van der Waals surface area contributed by atoms with Crippen LogP contribution in [0.2, 0.25) is 0 Å². The molecule has 4 N–H and O–H groups in total. The van der Waals surface area contributed by atoms with Gasteiger partial charge < -0.3 is 20.4 Å². The van der Waals surface area contributed by atoms with Gasteiger partial charge in [0.1, 0.15) is 0 Å². The molecular weight excluding hydrogens is 1270 g/mol. The lowest BCUT2D eigenvalue weighted by molar-refractivity contribution is -0.112. The molecule has 100 heavy (non-hydrogen) atoms. The Morgan fingerprint density at radius 1 is 0.300 bits per heavy atom. The van der Waals surface area contributed by atoms with Crippen molar-refractivity contribution in [2.45, 2.75) is 476 Å². The Labute approximate surface area is 632 Å². The first kappa shape index (κ1) is 97.7. The maximum absolute atomic E-state index is 13.5. The fourth-order valence-corrected chi connectivity index (χ4v) is 17.0. The average molecular weight is 1450 g/mol. The minimum Gasteiger partial charge on any atom is -0.392 e. The van der Waals surface area contributed by atoms with Gasteiger partial charge >= 0.3 is 0 Å². The maximum atomic E-state index is 13.5. The molecule has 1 fully saturated rings. The standard InChI is InChI=1S/C88H176N4O6S2/c1-7-11-15-19-23-27-31-35-39-43-47-51-55-59-63-83(93)77-89(78-84(94)64-60-56-52-48-44-40-36-32-28-24-20-16-12-8-2)69-67-87(97)99-73-71-91-75-82(6)92(76-81(91)5)72-74-100-88(98)68-70-90(79-85(95)65-61-57-53-49-45-41-37-33-29-25-21-17-13-9-3)80-86(96)66-62-58-54-50-46-42-38-34-30-26-22-18-14-10-4/h81-86,93-96H,7-80H2,1-6H3. The fourth-order valence-electron chi connectivity index (χ4n) is 15.5. The van der Waals surface area contributed by atoms with Gasteiger partial charge in [0, 0.05) is 102 Å². The highest BCUT2D eigenvalue weighted by molar-refractivity contribution is 8.13. The van der Waals surface area contributed by atoms with Gasteiger partial charge in [-0.1, -0.05) is 411 Å². The van der Waals surface area contributed by atoms with E-state index < -0.39 is 24.4 Å². The number of hydrogen-bond donors (Lipinski definition) is 4. The lowest BCUT2D eigenvalue weighted by atomic mass is 10.0. The summed E-state index contributed by atoms with van der Waals surface area (Å²) in [6.07, 6.45) is 76.2. The number of carbonyl (C=O) groups excluding carboxylic acids is 2. The Kier molecular flexibility index (Phi) is 73.8. The number of aliphatic hydroxyl groups excluding tert-OH is 4. The van der Waals surface area contributed by atoms with E-state index in [2.05, 4.69) is 61.1 Å². The van der Waals surface area contributed by atoms with E-state index in [4.69, 9.17) is 0 Å². The summed E-state index contributed by atoms with van der Waals surface area (Å²) in [6, 6.07) is 0.706. The minimum atomic E-state index is -0.441. The number of thioether (sulfide) groups is 2. The van der Waals surface area contributed by atoms with Crippen LogP contribution in [0.1, 0.15) is 440 Å². The third-order valence-electron chi connectivity index (χ3n) is 22.2. The van der Waals surface area contributed by atoms with Gasteiger partial charge in [-0.25, -0.2) is 0 Å². The normalized spacial score (nSPS) is 16.0. The molecule has 6 atom stereocenters. The van der Waals surface area contributed by atoms with Crippen molar-refractivity contribution in [1.29, 1.82) is 0 Å². The van der Waals surface area contributed by atoms with Crippen LogP contribution in [-0.4, -0.2) is 164 Å². The Balaban J connectivity index is 2.61. The van der Waals surface area contributed by atoms with Gasteiger partial charge in [0.2, 0.25) is 0 Å². The first-order valence-corrected chi connectivity index (χ1v) is 46.8. The maximum Gasteiger partial charge on any atom is 0.190 e. The number of carbonyl (C=O) groups is 2. The average Bonchev–Trinajstić information content (AvgIpc) is 0.850. The molecule has 0 aromatic heterocycles. The molecule has 0 aromatic carbocycles. The summed E-state index contributed by atoms with van der Waals surface area (Å²) in [7, 11) is 0. The molecule has 0 aromatic rings. The van der Waals surface area contributed by atoms with Crippen molar-refractivity contribution < 1.29 is 30.0 Å². The van der Waals surface area contributed by atoms with Gasteiger partial charge in [0.05, 0.1) is 24.4 Å². The van der Waals surface area contributed by atoms with Crippen molar-refractivity contribution in [1.82, 2.24) is 19.6 Å². The lowest BCUT2D eigenvalue weighted by Crippen LogP contribution is -2.57. The van der Waals surface area contributed by atoms with Gasteiger partial charge in [0.25, 0.3) is 0 Å². The van der Waals surface area contributed by atoms with Gasteiger partial charge in [-0.15, -0.1) is 0 Å². The second-order valence-electron chi connectivity index (χ2n) is 32.3. The van der Waals surface area contributed by atoms with Gasteiger partial charge in [0.15, 0.2) is 10.2 Å². The van der Waals surface area contributed by atoms with Crippen LogP contribution in [0, 0.1) is 0 Å². The largest absolute Gasteiger partial charge is 0.392 e. The van der Waals surface area contributed by atoms with Crippen LogP contribution in [0.15, 0.2) is 0 Å². The molecule has 1 aliphatic rings. The SMILES string of the molecule is CCCCCCCCCCCCCCCCC(O)CN(CCC(=O)SCCN1CC(C)N(CCSC(=O)CCN(CC(O)CCCCCCCCCCCCCCCC)CC(O)CCCCCCCCCCCCCCCC)CC1C)CC(O)CCCCCCCCCCCCCCCC. The molecule has 12 heteroatoms. The van der Waals surface area contributed by atoms with E-state index in [9.17, 15) is 30.0 Å². The predicted octanol–water partition coefficient (Wildman–Crippen LogP) is 24.2. The van der Waals surface area contributed by atoms with Crippen molar-refractivity contribution in [2.24, 2.45) is 0 Å². The predicted molar refractivity (Wildman–Crippen MR) is 443 cm³/mol. The summed E-state index contributed by atoms with van der Waals surface area (Å²) in [4.78, 5) is 36.5. The molecular formula is C88H176N4O6S2. The molecule has 0 amide bonds. The van der Waals surface area contributed by atoms with Crippen LogP contribution in [0.5, 0.6) is 0 Å². The molecule has 0 aliphatic carbocycles. The quantitative estimate of drug-likeness (QED) is 0.0433. The Morgan fingerprint density at radius 2 is 0.470 bits per heavy atom. The highest BCUT2D eigenvalue weighted by Gasteiger charge is 2.29. The van der Waals surface area contributed by atoms with E-state index in [1.165, 1.54) is 332 Å². The zero-order chi connectivity index (χ0) is 72.7. The third kappa shape index (κ3) is 66.0. The molecule has 0 bridgehead atoms. The second kappa shape index (κ2) is 75.5. The summed E-state index contributed by atoms with van der Waals surface area (Å²) < 4.78 is 0. The van der Waals surface area contributed by atoms with E-state index in [1.807, 2.05) is 0 Å². The Morgan fingerprint density at radius 3 is 0.650 bits per heavy atom. The zero-order valence-electron chi connectivity index (χ0n) is 68.0. The molecule has 6 unspecified atom stereocenters. The van der Waals surface area contributed by atoms with Crippen LogP contribution in [0.25, 0.3) is 0 Å². The number of rotatable bonds is 80. The molecule has 0 radical (unpaired) electrons. The van der Waals surface area contributed by atoms with Crippen molar-refractivity contribution in [2.75, 3.05) is 77.0 Å². The smallest absolute Gasteiger partial charge is 0.190 e. The van der Waals surface area contributed by atoms with Gasteiger partial charge in [-0.2, -0.15) is 0 Å². The van der Waals surface area contributed by atoms with E-state index >= 15 is 0 Å². The first-order chi connectivity index (χ1) is 48.9. The highest BCUT2D eigenvalue weighted by Crippen LogP contribution is 2.23. The molecule has 596 valence electrons. The fraction of sp³-hybridized carbons (Fsp3) is 0.977.